The van der Waals surface area contributed by atoms with E-state index in [2.05, 4.69) is 162 Å². The second kappa shape index (κ2) is 12.7. The lowest BCUT2D eigenvalue weighted by molar-refractivity contribution is 0.483. The fourth-order valence-electron chi connectivity index (χ4n) is 6.75. The van der Waals surface area contributed by atoms with E-state index >= 15 is 0 Å². The average molecular weight is 642 g/mol. The normalized spacial score (nSPS) is 11.2. The van der Waals surface area contributed by atoms with Crippen molar-refractivity contribution in [2.75, 3.05) is 0 Å². The van der Waals surface area contributed by atoms with Crippen molar-refractivity contribution in [3.8, 4) is 62.0 Å². The van der Waals surface area contributed by atoms with Crippen molar-refractivity contribution < 1.29 is 4.74 Å². The van der Waals surface area contributed by atoms with E-state index < -0.39 is 0 Å². The summed E-state index contributed by atoms with van der Waals surface area (Å²) >= 11 is 0. The molecule has 9 rings (SSSR count). The lowest BCUT2D eigenvalue weighted by atomic mass is 9.99. The van der Waals surface area contributed by atoms with E-state index in [1.807, 2.05) is 30.6 Å². The largest absolute Gasteiger partial charge is 0.457 e. The van der Waals surface area contributed by atoms with Crippen molar-refractivity contribution in [3.63, 3.8) is 0 Å². The van der Waals surface area contributed by atoms with E-state index in [1.54, 1.807) is 0 Å². The number of rotatable bonds is 7. The first-order valence-corrected chi connectivity index (χ1v) is 16.7. The molecule has 0 aliphatic rings. The van der Waals surface area contributed by atoms with Gasteiger partial charge in [0.2, 0.25) is 0 Å². The second-order valence-corrected chi connectivity index (χ2v) is 12.3. The molecule has 0 spiro atoms. The fourth-order valence-corrected chi connectivity index (χ4v) is 6.75. The van der Waals surface area contributed by atoms with Crippen LogP contribution in [-0.2, 0) is 0 Å². The Kier molecular flexibility index (Phi) is 7.45. The molecular weight excluding hydrogens is 611 g/mol. The minimum absolute atomic E-state index is 0.736. The Balaban J connectivity index is 1.16. The second-order valence-electron chi connectivity index (χ2n) is 12.3. The Morgan fingerprint density at radius 1 is 0.360 bits per heavy atom. The van der Waals surface area contributed by atoms with E-state index in [0.717, 1.165) is 78.4 Å². The van der Waals surface area contributed by atoms with Gasteiger partial charge in [-0.3, -0.25) is 9.55 Å². The zero-order valence-electron chi connectivity index (χ0n) is 27.1. The molecule has 236 valence electrons. The molecule has 0 unspecified atom stereocenters. The maximum absolute atomic E-state index is 6.74. The molecule has 4 heteroatoms. The Morgan fingerprint density at radius 2 is 0.940 bits per heavy atom. The molecule has 0 radical (unpaired) electrons. The molecule has 0 saturated carbocycles. The molecule has 0 N–H and O–H groups in total. The minimum Gasteiger partial charge on any atom is -0.457 e. The fraction of sp³-hybridized carbons (Fsp3) is 0. The van der Waals surface area contributed by atoms with E-state index in [4.69, 9.17) is 14.7 Å². The summed E-state index contributed by atoms with van der Waals surface area (Å²) in [5, 5.41) is 2.30. The molecule has 3 heterocycles. The Bertz CT molecular complexity index is 2610. The number of ether oxygens (including phenoxy) is 1. The molecule has 9 aromatic rings. The van der Waals surface area contributed by atoms with E-state index in [-0.39, 0.29) is 0 Å². The zero-order valence-corrected chi connectivity index (χ0v) is 27.1. The number of benzene rings is 6. The van der Waals surface area contributed by atoms with E-state index in [9.17, 15) is 0 Å². The van der Waals surface area contributed by atoms with Gasteiger partial charge in [-0.25, -0.2) is 4.98 Å². The smallest absolute Gasteiger partial charge is 0.138 e. The monoisotopic (exact) mass is 641 g/mol. The predicted octanol–water partition coefficient (Wildman–Crippen LogP) is 12.0. The van der Waals surface area contributed by atoms with Crippen LogP contribution in [0.25, 0.3) is 72.3 Å². The first-order chi connectivity index (χ1) is 24.8. The molecule has 0 atom stereocenters. The highest BCUT2D eigenvalue weighted by molar-refractivity contribution is 6.09. The third-order valence-electron chi connectivity index (χ3n) is 9.14. The van der Waals surface area contributed by atoms with Crippen LogP contribution >= 0.6 is 0 Å². The van der Waals surface area contributed by atoms with Gasteiger partial charge in [-0.15, -0.1) is 0 Å². The summed E-state index contributed by atoms with van der Waals surface area (Å²) in [5.41, 5.74) is 10.7. The number of fused-ring (bicyclic) bond motifs is 3. The zero-order chi connectivity index (χ0) is 33.3. The van der Waals surface area contributed by atoms with Crippen molar-refractivity contribution in [1.29, 1.82) is 0 Å². The van der Waals surface area contributed by atoms with Crippen molar-refractivity contribution in [3.05, 3.63) is 188 Å². The maximum atomic E-state index is 6.74. The first kappa shape index (κ1) is 29.4. The summed E-state index contributed by atoms with van der Waals surface area (Å²) in [5.74, 6) is 2.33. The quantitative estimate of drug-likeness (QED) is 0.174. The van der Waals surface area contributed by atoms with Crippen LogP contribution in [0, 0.1) is 0 Å². The molecule has 0 bridgehead atoms. The molecule has 4 nitrogen and oxygen atoms in total. The molecule has 0 amide bonds. The molecule has 3 aromatic heterocycles. The summed E-state index contributed by atoms with van der Waals surface area (Å²) in [6, 6.07) is 60.8. The first-order valence-electron chi connectivity index (χ1n) is 16.7. The van der Waals surface area contributed by atoms with Crippen molar-refractivity contribution in [2.24, 2.45) is 0 Å². The van der Waals surface area contributed by atoms with Gasteiger partial charge in [0.25, 0.3) is 0 Å². The molecule has 0 saturated heterocycles. The predicted molar refractivity (Wildman–Crippen MR) is 205 cm³/mol. The average Bonchev–Trinajstić information content (AvgIpc) is 3.52. The third-order valence-corrected chi connectivity index (χ3v) is 9.14. The van der Waals surface area contributed by atoms with Crippen molar-refractivity contribution >= 4 is 21.8 Å². The molecule has 0 aliphatic carbocycles. The van der Waals surface area contributed by atoms with Crippen LogP contribution in [0.4, 0.5) is 0 Å². The molecule has 6 aromatic carbocycles. The number of aromatic nitrogens is 3. The SMILES string of the molecule is c1ccc(-c2cc(Oc3ccc4c5ccccc5n(-c5cc(-c6ccccc6)ccn5)c4c3)cc(-c3cc(-c4ccccc4)ccn3)c2)cc1. The van der Waals surface area contributed by atoms with Crippen LogP contribution < -0.4 is 4.74 Å². The maximum Gasteiger partial charge on any atom is 0.138 e. The molecule has 0 aliphatic heterocycles. The lowest BCUT2D eigenvalue weighted by Crippen LogP contribution is -1.98. The summed E-state index contributed by atoms with van der Waals surface area (Å²) < 4.78 is 8.98. The Morgan fingerprint density at radius 3 is 1.66 bits per heavy atom. The van der Waals surface area contributed by atoms with Gasteiger partial charge >= 0.3 is 0 Å². The molecular formula is C46H31N3O. The van der Waals surface area contributed by atoms with Gasteiger partial charge in [-0.05, 0) is 94.0 Å². The van der Waals surface area contributed by atoms with Crippen LogP contribution in [0.3, 0.4) is 0 Å². The van der Waals surface area contributed by atoms with Crippen LogP contribution in [0.2, 0.25) is 0 Å². The highest BCUT2D eigenvalue weighted by atomic mass is 16.5. The van der Waals surface area contributed by atoms with Gasteiger partial charge in [0.15, 0.2) is 0 Å². The standard InChI is InChI=1S/C46H31N3O/c1-4-12-32(13-5-1)35-22-24-47-43(29-35)38-26-37(34-16-8-3-9-17-34)27-40(28-38)50-39-20-21-42-41-18-10-11-19-44(41)49(45(42)31-39)46-30-36(23-25-48-46)33-14-6-2-7-15-33/h1-31H. The highest BCUT2D eigenvalue weighted by Crippen LogP contribution is 2.38. The van der Waals surface area contributed by atoms with Gasteiger partial charge in [-0.1, -0.05) is 109 Å². The third kappa shape index (κ3) is 5.59. The number of hydrogen-bond donors (Lipinski definition) is 0. The topological polar surface area (TPSA) is 39.9 Å². The molecule has 50 heavy (non-hydrogen) atoms. The van der Waals surface area contributed by atoms with Crippen molar-refractivity contribution in [1.82, 2.24) is 14.5 Å². The van der Waals surface area contributed by atoms with Gasteiger partial charge in [0, 0.05) is 34.8 Å². The Hall–Kier alpha value is -6.78. The number of pyridine rings is 2. The van der Waals surface area contributed by atoms with Crippen LogP contribution in [0.1, 0.15) is 0 Å². The van der Waals surface area contributed by atoms with Crippen LogP contribution in [-0.4, -0.2) is 14.5 Å². The lowest BCUT2D eigenvalue weighted by Gasteiger charge is -2.13. The summed E-state index contributed by atoms with van der Waals surface area (Å²) in [4.78, 5) is 9.65. The van der Waals surface area contributed by atoms with Crippen LogP contribution in [0.5, 0.6) is 11.5 Å². The number of para-hydroxylation sites is 1. The van der Waals surface area contributed by atoms with Gasteiger partial charge in [-0.2, -0.15) is 0 Å². The Labute approximate surface area is 290 Å². The highest BCUT2D eigenvalue weighted by Gasteiger charge is 2.16. The van der Waals surface area contributed by atoms with Crippen LogP contribution in [0.15, 0.2) is 188 Å². The summed E-state index contributed by atoms with van der Waals surface area (Å²) in [6.45, 7) is 0. The molecule has 0 fully saturated rings. The summed E-state index contributed by atoms with van der Waals surface area (Å²) in [7, 11) is 0. The van der Waals surface area contributed by atoms with E-state index in [1.165, 1.54) is 5.39 Å². The van der Waals surface area contributed by atoms with Gasteiger partial charge in [0.1, 0.15) is 17.3 Å². The van der Waals surface area contributed by atoms with E-state index in [0.29, 0.717) is 0 Å². The minimum atomic E-state index is 0.736. The van der Waals surface area contributed by atoms with Gasteiger partial charge < -0.3 is 4.74 Å². The number of nitrogens with zero attached hydrogens (tertiary/aromatic N) is 3. The summed E-state index contributed by atoms with van der Waals surface area (Å²) in [6.07, 6.45) is 3.76. The van der Waals surface area contributed by atoms with Crippen molar-refractivity contribution in [2.45, 2.75) is 0 Å². The number of hydrogen-bond acceptors (Lipinski definition) is 3. The van der Waals surface area contributed by atoms with Gasteiger partial charge in [0.05, 0.1) is 16.7 Å².